The van der Waals surface area contributed by atoms with Crippen LogP contribution in [0.2, 0.25) is 0 Å². The van der Waals surface area contributed by atoms with E-state index in [2.05, 4.69) is 0 Å². The highest BCUT2D eigenvalue weighted by molar-refractivity contribution is 7.89. The minimum atomic E-state index is -3.14. The molecule has 0 aliphatic carbocycles. The van der Waals surface area contributed by atoms with Crippen LogP contribution in [-0.2, 0) is 10.0 Å². The Labute approximate surface area is 105 Å². The van der Waals surface area contributed by atoms with Crippen molar-refractivity contribution in [2.24, 2.45) is 11.3 Å². The van der Waals surface area contributed by atoms with Gasteiger partial charge in [-0.15, -0.1) is 0 Å². The summed E-state index contributed by atoms with van der Waals surface area (Å²) < 4.78 is 25.7. The zero-order chi connectivity index (χ0) is 13.3. The lowest BCUT2D eigenvalue weighted by Crippen LogP contribution is -2.33. The van der Waals surface area contributed by atoms with Crippen LogP contribution in [0, 0.1) is 11.3 Å². The van der Waals surface area contributed by atoms with Gasteiger partial charge in [-0.05, 0) is 31.1 Å². The molecule has 1 fully saturated rings. The summed E-state index contributed by atoms with van der Waals surface area (Å²) in [4.78, 5) is 0. The van der Waals surface area contributed by atoms with E-state index < -0.39 is 16.1 Å². The highest BCUT2D eigenvalue weighted by Crippen LogP contribution is 2.25. The van der Waals surface area contributed by atoms with Crippen LogP contribution in [-0.4, -0.2) is 42.8 Å². The molecule has 0 spiro atoms. The van der Waals surface area contributed by atoms with Gasteiger partial charge < -0.3 is 5.11 Å². The molecule has 2 atom stereocenters. The van der Waals surface area contributed by atoms with E-state index in [-0.39, 0.29) is 17.1 Å². The highest BCUT2D eigenvalue weighted by Gasteiger charge is 2.33. The smallest absolute Gasteiger partial charge is 0.214 e. The number of hydrogen-bond acceptors (Lipinski definition) is 3. The van der Waals surface area contributed by atoms with Gasteiger partial charge in [-0.1, -0.05) is 20.8 Å². The van der Waals surface area contributed by atoms with Gasteiger partial charge in [0, 0.05) is 13.1 Å². The molecule has 0 aromatic rings. The maximum absolute atomic E-state index is 12.1. The lowest BCUT2D eigenvalue weighted by atomic mass is 9.94. The van der Waals surface area contributed by atoms with Crippen LogP contribution in [0.3, 0.4) is 0 Å². The molecule has 0 aromatic carbocycles. The van der Waals surface area contributed by atoms with Crippen molar-refractivity contribution in [1.82, 2.24) is 4.31 Å². The summed E-state index contributed by atoms with van der Waals surface area (Å²) in [5, 5.41) is 9.47. The third-order valence-electron chi connectivity index (χ3n) is 3.37. The van der Waals surface area contributed by atoms with Crippen LogP contribution in [0.5, 0.6) is 0 Å². The van der Waals surface area contributed by atoms with E-state index in [1.165, 1.54) is 4.31 Å². The molecule has 1 rings (SSSR count). The van der Waals surface area contributed by atoms with E-state index in [0.717, 1.165) is 6.42 Å². The Hall–Kier alpha value is -0.130. The minimum Gasteiger partial charge on any atom is -0.393 e. The second kappa shape index (κ2) is 5.24. The molecule has 5 heteroatoms. The Morgan fingerprint density at radius 3 is 2.41 bits per heavy atom. The van der Waals surface area contributed by atoms with E-state index in [4.69, 9.17) is 0 Å². The topological polar surface area (TPSA) is 57.6 Å². The summed E-state index contributed by atoms with van der Waals surface area (Å²) in [6.45, 7) is 8.91. The van der Waals surface area contributed by atoms with Crippen molar-refractivity contribution in [3.63, 3.8) is 0 Å². The normalized spacial score (nSPS) is 25.1. The molecule has 0 aromatic heterocycles. The molecule has 1 aliphatic heterocycles. The van der Waals surface area contributed by atoms with Crippen LogP contribution < -0.4 is 0 Å². The molecule has 0 amide bonds. The number of nitrogens with zero attached hydrogens (tertiary/aromatic N) is 1. The second-order valence-corrected chi connectivity index (χ2v) is 8.36. The van der Waals surface area contributed by atoms with Crippen molar-refractivity contribution in [3.8, 4) is 0 Å². The fourth-order valence-corrected chi connectivity index (χ4v) is 3.90. The average molecular weight is 263 g/mol. The van der Waals surface area contributed by atoms with E-state index in [0.29, 0.717) is 19.5 Å². The SMILES string of the molecule is CC(O)C1CCN(S(=O)(=O)CCC(C)(C)C)C1. The molecule has 2 unspecified atom stereocenters. The largest absolute Gasteiger partial charge is 0.393 e. The summed E-state index contributed by atoms with van der Waals surface area (Å²) >= 11 is 0. The van der Waals surface area contributed by atoms with Crippen LogP contribution in [0.4, 0.5) is 0 Å². The number of aliphatic hydroxyl groups excluding tert-OH is 1. The van der Waals surface area contributed by atoms with Crippen molar-refractivity contribution in [2.45, 2.75) is 46.6 Å². The van der Waals surface area contributed by atoms with Crippen LogP contribution in [0.1, 0.15) is 40.5 Å². The first-order chi connectivity index (χ1) is 7.62. The number of aliphatic hydroxyl groups is 1. The van der Waals surface area contributed by atoms with Crippen molar-refractivity contribution in [2.75, 3.05) is 18.8 Å². The molecular weight excluding hydrogens is 238 g/mol. The summed E-state index contributed by atoms with van der Waals surface area (Å²) in [5.74, 6) is 0.308. The zero-order valence-electron chi connectivity index (χ0n) is 11.3. The fourth-order valence-electron chi connectivity index (χ4n) is 1.96. The maximum Gasteiger partial charge on any atom is 0.214 e. The van der Waals surface area contributed by atoms with Crippen molar-refractivity contribution in [3.05, 3.63) is 0 Å². The summed E-state index contributed by atoms with van der Waals surface area (Å²) in [6, 6.07) is 0. The predicted molar refractivity (Wildman–Crippen MR) is 69.2 cm³/mol. The third kappa shape index (κ3) is 4.56. The average Bonchev–Trinajstić information content (AvgIpc) is 2.63. The van der Waals surface area contributed by atoms with E-state index in [1.807, 2.05) is 20.8 Å². The lowest BCUT2D eigenvalue weighted by Gasteiger charge is -2.22. The van der Waals surface area contributed by atoms with Crippen molar-refractivity contribution >= 4 is 10.0 Å². The third-order valence-corrected chi connectivity index (χ3v) is 5.21. The minimum absolute atomic E-state index is 0.0382. The fraction of sp³-hybridized carbons (Fsp3) is 1.00. The predicted octanol–water partition coefficient (Wildman–Crippen LogP) is 1.46. The molecule has 102 valence electrons. The van der Waals surface area contributed by atoms with Gasteiger partial charge in [0.1, 0.15) is 0 Å². The Balaban J connectivity index is 2.55. The molecule has 0 saturated carbocycles. The Morgan fingerprint density at radius 1 is 1.41 bits per heavy atom. The molecule has 1 heterocycles. The first kappa shape index (κ1) is 14.9. The molecule has 0 bridgehead atoms. The van der Waals surface area contributed by atoms with Gasteiger partial charge in [-0.3, -0.25) is 0 Å². The van der Waals surface area contributed by atoms with Gasteiger partial charge in [0.25, 0.3) is 0 Å². The second-order valence-electron chi connectivity index (χ2n) is 6.27. The number of hydrogen-bond donors (Lipinski definition) is 1. The molecule has 1 aliphatic rings. The number of rotatable bonds is 4. The lowest BCUT2D eigenvalue weighted by molar-refractivity contribution is 0.133. The van der Waals surface area contributed by atoms with Crippen LogP contribution in [0.25, 0.3) is 0 Å². The van der Waals surface area contributed by atoms with Gasteiger partial charge in [-0.2, -0.15) is 0 Å². The maximum atomic E-state index is 12.1. The molecular formula is C12H25NO3S. The summed E-state index contributed by atoms with van der Waals surface area (Å²) in [6.07, 6.45) is 1.02. The van der Waals surface area contributed by atoms with Gasteiger partial charge in [0.05, 0.1) is 11.9 Å². The Kier molecular flexibility index (Phi) is 4.60. The van der Waals surface area contributed by atoms with Crippen molar-refractivity contribution in [1.29, 1.82) is 0 Å². The Morgan fingerprint density at radius 2 is 2.00 bits per heavy atom. The zero-order valence-corrected chi connectivity index (χ0v) is 12.1. The molecule has 1 saturated heterocycles. The van der Waals surface area contributed by atoms with Crippen LogP contribution >= 0.6 is 0 Å². The van der Waals surface area contributed by atoms with E-state index in [9.17, 15) is 13.5 Å². The van der Waals surface area contributed by atoms with Crippen molar-refractivity contribution < 1.29 is 13.5 Å². The molecule has 0 radical (unpaired) electrons. The first-order valence-corrected chi connectivity index (χ1v) is 7.89. The quantitative estimate of drug-likeness (QED) is 0.835. The van der Waals surface area contributed by atoms with Gasteiger partial charge in [0.15, 0.2) is 0 Å². The summed E-state index contributed by atoms with van der Waals surface area (Å²) in [7, 11) is -3.14. The highest BCUT2D eigenvalue weighted by atomic mass is 32.2. The molecule has 17 heavy (non-hydrogen) atoms. The first-order valence-electron chi connectivity index (χ1n) is 6.28. The molecule has 4 nitrogen and oxygen atoms in total. The number of sulfonamides is 1. The van der Waals surface area contributed by atoms with Gasteiger partial charge in [-0.25, -0.2) is 12.7 Å². The van der Waals surface area contributed by atoms with E-state index in [1.54, 1.807) is 6.92 Å². The monoisotopic (exact) mass is 263 g/mol. The van der Waals surface area contributed by atoms with Crippen LogP contribution in [0.15, 0.2) is 0 Å². The Bertz CT molecular complexity index is 343. The summed E-state index contributed by atoms with van der Waals surface area (Å²) in [5.41, 5.74) is 0.0382. The van der Waals surface area contributed by atoms with Gasteiger partial charge >= 0.3 is 0 Å². The molecule has 1 N–H and O–H groups in total. The van der Waals surface area contributed by atoms with Gasteiger partial charge in [0.2, 0.25) is 10.0 Å². The van der Waals surface area contributed by atoms with E-state index >= 15 is 0 Å². The standard InChI is InChI=1S/C12H25NO3S/c1-10(14)11-5-7-13(9-11)17(15,16)8-6-12(2,3)4/h10-11,14H,5-9H2,1-4H3.